The summed E-state index contributed by atoms with van der Waals surface area (Å²) in [5.74, 6) is -1.26. The maximum atomic E-state index is 12.6. The summed E-state index contributed by atoms with van der Waals surface area (Å²) in [6.07, 6.45) is 2.45. The molecule has 1 aromatic carbocycles. The minimum Gasteiger partial charge on any atom is -0.480 e. The van der Waals surface area contributed by atoms with E-state index in [4.69, 9.17) is 0 Å². The molecule has 0 aliphatic heterocycles. The van der Waals surface area contributed by atoms with Crippen LogP contribution in [0.1, 0.15) is 37.3 Å². The molecule has 136 valence electrons. The average Bonchev–Trinajstić information content (AvgIpc) is 2.43. The van der Waals surface area contributed by atoms with Crippen molar-refractivity contribution in [2.45, 2.75) is 55.9 Å². The molecule has 0 heterocycles. The Kier molecular flexibility index (Phi) is 6.54. The molecule has 7 nitrogen and oxygen atoms in total. The number of carboxylic acid groups (broad SMARTS) is 1. The molecule has 0 aromatic heterocycles. The number of aryl methyl sites for hydroxylation is 1. The lowest BCUT2D eigenvalue weighted by atomic mass is 10.1. The predicted molar refractivity (Wildman–Crippen MR) is 90.3 cm³/mol. The number of hydrogen-bond acceptors (Lipinski definition) is 5. The van der Waals surface area contributed by atoms with Gasteiger partial charge >= 0.3 is 5.97 Å². The number of unbranched alkanes of at least 4 members (excludes halogenated alkanes) is 1. The zero-order valence-corrected chi connectivity index (χ0v) is 15.8. The first-order valence-corrected chi connectivity index (χ1v) is 10.8. The number of sulfonamides is 1. The van der Waals surface area contributed by atoms with E-state index >= 15 is 0 Å². The van der Waals surface area contributed by atoms with Crippen LogP contribution in [0.3, 0.4) is 0 Å². The third-order valence-corrected chi connectivity index (χ3v) is 6.41. The fraction of sp³-hybridized carbons (Fsp3) is 0.533. The molecule has 0 aliphatic rings. The molecular weight excluding hydrogens is 354 g/mol. The second kappa shape index (κ2) is 7.62. The Bertz CT molecular complexity index is 828. The largest absolute Gasteiger partial charge is 0.480 e. The van der Waals surface area contributed by atoms with Crippen molar-refractivity contribution in [2.24, 2.45) is 0 Å². The Labute approximate surface area is 143 Å². The van der Waals surface area contributed by atoms with E-state index in [1.807, 2.05) is 6.92 Å². The molecule has 1 atom stereocenters. The second-order valence-electron chi connectivity index (χ2n) is 5.81. The van der Waals surface area contributed by atoms with Crippen molar-refractivity contribution >= 4 is 25.8 Å². The minimum absolute atomic E-state index is 0.0789. The van der Waals surface area contributed by atoms with Crippen molar-refractivity contribution in [1.29, 1.82) is 0 Å². The van der Waals surface area contributed by atoms with Crippen LogP contribution >= 0.6 is 0 Å². The zero-order chi connectivity index (χ0) is 18.7. The summed E-state index contributed by atoms with van der Waals surface area (Å²) in [6, 6.07) is 1.48. The van der Waals surface area contributed by atoms with Crippen LogP contribution in [0.2, 0.25) is 0 Å². The van der Waals surface area contributed by atoms with Gasteiger partial charge in [0, 0.05) is 6.26 Å². The molecule has 0 saturated heterocycles. The van der Waals surface area contributed by atoms with E-state index in [9.17, 15) is 26.7 Å². The Morgan fingerprint density at radius 3 is 2.17 bits per heavy atom. The molecule has 24 heavy (non-hydrogen) atoms. The van der Waals surface area contributed by atoms with Crippen molar-refractivity contribution in [3.8, 4) is 0 Å². The number of rotatable bonds is 8. The Balaban J connectivity index is 3.38. The maximum Gasteiger partial charge on any atom is 0.321 e. The molecule has 9 heteroatoms. The van der Waals surface area contributed by atoms with Gasteiger partial charge in [-0.15, -0.1) is 0 Å². The molecule has 0 spiro atoms. The summed E-state index contributed by atoms with van der Waals surface area (Å²) in [7, 11) is -7.77. The van der Waals surface area contributed by atoms with E-state index in [2.05, 4.69) is 4.72 Å². The van der Waals surface area contributed by atoms with Gasteiger partial charge in [-0.1, -0.05) is 19.8 Å². The van der Waals surface area contributed by atoms with Gasteiger partial charge in [-0.3, -0.25) is 4.79 Å². The van der Waals surface area contributed by atoms with Crippen LogP contribution in [-0.4, -0.2) is 40.2 Å². The van der Waals surface area contributed by atoms with E-state index < -0.39 is 31.9 Å². The van der Waals surface area contributed by atoms with Crippen molar-refractivity contribution in [3.63, 3.8) is 0 Å². The SMILES string of the molecule is CCCCC(NS(=O)(=O)c1cc(C)cc(S(C)(=O)=O)c1C)C(=O)O. The third kappa shape index (κ3) is 5.02. The number of hydrogen-bond donors (Lipinski definition) is 2. The van der Waals surface area contributed by atoms with Gasteiger partial charge in [0.15, 0.2) is 9.84 Å². The van der Waals surface area contributed by atoms with Crippen LogP contribution < -0.4 is 4.72 Å². The monoisotopic (exact) mass is 377 g/mol. The second-order valence-corrected chi connectivity index (χ2v) is 9.48. The van der Waals surface area contributed by atoms with Crippen LogP contribution in [-0.2, 0) is 24.7 Å². The molecule has 0 bridgehead atoms. The maximum absolute atomic E-state index is 12.6. The predicted octanol–water partition coefficient (Wildman–Crippen LogP) is 1.63. The Morgan fingerprint density at radius 1 is 1.17 bits per heavy atom. The summed E-state index contributed by atoms with van der Waals surface area (Å²) in [4.78, 5) is 11.0. The lowest BCUT2D eigenvalue weighted by Gasteiger charge is -2.17. The summed E-state index contributed by atoms with van der Waals surface area (Å²) in [5.41, 5.74) is 0.539. The van der Waals surface area contributed by atoms with E-state index in [1.165, 1.54) is 19.1 Å². The van der Waals surface area contributed by atoms with Gasteiger partial charge in [0.1, 0.15) is 6.04 Å². The normalized spacial score (nSPS) is 13.7. The molecule has 0 saturated carbocycles. The summed E-state index contributed by atoms with van der Waals surface area (Å²) < 4.78 is 51.0. The number of sulfone groups is 1. The topological polar surface area (TPSA) is 118 Å². The number of carboxylic acids is 1. The summed E-state index contributed by atoms with van der Waals surface area (Å²) in [6.45, 7) is 4.85. The van der Waals surface area contributed by atoms with Gasteiger partial charge in [-0.2, -0.15) is 4.72 Å². The fourth-order valence-electron chi connectivity index (χ4n) is 2.35. The van der Waals surface area contributed by atoms with E-state index in [0.717, 1.165) is 12.7 Å². The lowest BCUT2D eigenvalue weighted by molar-refractivity contribution is -0.139. The van der Waals surface area contributed by atoms with Crippen LogP contribution in [0.25, 0.3) is 0 Å². The lowest BCUT2D eigenvalue weighted by Crippen LogP contribution is -2.41. The zero-order valence-electron chi connectivity index (χ0n) is 14.2. The van der Waals surface area contributed by atoms with E-state index in [0.29, 0.717) is 12.0 Å². The smallest absolute Gasteiger partial charge is 0.321 e. The molecule has 0 aliphatic carbocycles. The van der Waals surface area contributed by atoms with Crippen LogP contribution in [0.4, 0.5) is 0 Å². The highest BCUT2D eigenvalue weighted by molar-refractivity contribution is 7.91. The minimum atomic E-state index is -4.17. The standard InChI is InChI=1S/C15H23NO6S2/c1-5-6-7-12(15(17)18)16-24(21,22)14-9-10(2)8-13(11(14)3)23(4,19)20/h8-9,12,16H,5-7H2,1-4H3,(H,17,18). The van der Waals surface area contributed by atoms with Gasteiger partial charge in [-0.05, 0) is 43.5 Å². The third-order valence-electron chi connectivity index (χ3n) is 3.59. The number of nitrogens with one attached hydrogen (secondary N) is 1. The quantitative estimate of drug-likeness (QED) is 0.711. The molecular formula is C15H23NO6S2. The molecule has 1 rings (SSSR count). The molecule has 2 N–H and O–H groups in total. The van der Waals surface area contributed by atoms with Gasteiger partial charge in [0.05, 0.1) is 9.79 Å². The fourth-order valence-corrected chi connectivity index (χ4v) is 5.05. The number of benzene rings is 1. The summed E-state index contributed by atoms with van der Waals surface area (Å²) in [5, 5.41) is 9.20. The Hall–Kier alpha value is -1.45. The highest BCUT2D eigenvalue weighted by Crippen LogP contribution is 2.25. The highest BCUT2D eigenvalue weighted by atomic mass is 32.2. The van der Waals surface area contributed by atoms with Crippen LogP contribution in [0, 0.1) is 13.8 Å². The first-order chi connectivity index (χ1) is 10.9. The van der Waals surface area contributed by atoms with Gasteiger partial charge < -0.3 is 5.11 Å². The Morgan fingerprint density at radius 2 is 1.71 bits per heavy atom. The molecule has 1 aromatic rings. The van der Waals surface area contributed by atoms with E-state index in [-0.39, 0.29) is 21.8 Å². The summed E-state index contributed by atoms with van der Waals surface area (Å²) >= 11 is 0. The highest BCUT2D eigenvalue weighted by Gasteiger charge is 2.28. The molecule has 0 radical (unpaired) electrons. The molecule has 0 amide bonds. The molecule has 1 unspecified atom stereocenters. The van der Waals surface area contributed by atoms with E-state index in [1.54, 1.807) is 6.92 Å². The van der Waals surface area contributed by atoms with Gasteiger partial charge in [-0.25, -0.2) is 16.8 Å². The molecule has 0 fully saturated rings. The van der Waals surface area contributed by atoms with Crippen LogP contribution in [0.5, 0.6) is 0 Å². The number of carbonyl (C=O) groups is 1. The van der Waals surface area contributed by atoms with Crippen molar-refractivity contribution in [2.75, 3.05) is 6.26 Å². The van der Waals surface area contributed by atoms with Crippen LogP contribution in [0.15, 0.2) is 21.9 Å². The van der Waals surface area contributed by atoms with Gasteiger partial charge in [0.2, 0.25) is 10.0 Å². The first-order valence-electron chi connectivity index (χ1n) is 7.46. The first kappa shape index (κ1) is 20.6. The number of aliphatic carboxylic acids is 1. The van der Waals surface area contributed by atoms with Gasteiger partial charge in [0.25, 0.3) is 0 Å². The van der Waals surface area contributed by atoms with Crippen molar-refractivity contribution in [1.82, 2.24) is 4.72 Å². The van der Waals surface area contributed by atoms with Crippen molar-refractivity contribution in [3.05, 3.63) is 23.3 Å². The average molecular weight is 377 g/mol. The van der Waals surface area contributed by atoms with Crippen molar-refractivity contribution < 1.29 is 26.7 Å².